The molecule has 1 saturated carbocycles. The molecule has 1 rings (SSSR count). The molecule has 0 aromatic heterocycles. The van der Waals surface area contributed by atoms with Crippen LogP contribution in [-0.4, -0.2) is 13.7 Å². The highest BCUT2D eigenvalue weighted by Crippen LogP contribution is 2.30. The molecule has 2 N–H and O–H groups in total. The average molecular weight is 203 g/mol. The van der Waals surface area contributed by atoms with Crippen LogP contribution in [0.1, 0.15) is 32.1 Å². The minimum Gasteiger partial charge on any atom is -0.228 e. The van der Waals surface area contributed by atoms with Gasteiger partial charge in [0.1, 0.15) is 0 Å². The molecule has 0 unspecified atom stereocenters. The van der Waals surface area contributed by atoms with E-state index in [-0.39, 0.29) is 11.2 Å². The molecule has 3 nitrogen and oxygen atoms in total. The zero-order valence-corrected chi connectivity index (χ0v) is 8.59. The van der Waals surface area contributed by atoms with Crippen molar-refractivity contribution in [1.29, 1.82) is 0 Å². The molecule has 0 heterocycles. The third kappa shape index (κ3) is 2.81. The van der Waals surface area contributed by atoms with Gasteiger partial charge in [0.15, 0.2) is 0 Å². The molecule has 76 valence electrons. The van der Waals surface area contributed by atoms with E-state index in [2.05, 4.69) is 6.58 Å². The summed E-state index contributed by atoms with van der Waals surface area (Å²) >= 11 is 0. The summed E-state index contributed by atoms with van der Waals surface area (Å²) < 4.78 is 22.4. The topological polar surface area (TPSA) is 60.2 Å². The zero-order chi connectivity index (χ0) is 9.90. The van der Waals surface area contributed by atoms with E-state index >= 15 is 0 Å². The minimum atomic E-state index is -3.35. The summed E-state index contributed by atoms with van der Waals surface area (Å²) in [6, 6.07) is 0. The first-order valence-corrected chi connectivity index (χ1v) is 6.29. The first-order chi connectivity index (χ1) is 6.05. The maximum absolute atomic E-state index is 11.2. The lowest BCUT2D eigenvalue weighted by Gasteiger charge is -2.28. The Hall–Kier alpha value is -0.350. The fourth-order valence-corrected chi connectivity index (χ4v) is 3.37. The van der Waals surface area contributed by atoms with Crippen LogP contribution < -0.4 is 5.14 Å². The molecule has 0 saturated heterocycles. The summed E-state index contributed by atoms with van der Waals surface area (Å²) in [5, 5.41) is 4.83. The van der Waals surface area contributed by atoms with Gasteiger partial charge in [-0.2, -0.15) is 0 Å². The summed E-state index contributed by atoms with van der Waals surface area (Å²) in [6.45, 7) is 3.64. The average Bonchev–Trinajstić information content (AvgIpc) is 2.04. The fourth-order valence-electron chi connectivity index (χ4n) is 2.09. The van der Waals surface area contributed by atoms with E-state index in [1.165, 1.54) is 0 Å². The minimum absolute atomic E-state index is 0.196. The smallest absolute Gasteiger partial charge is 0.212 e. The second-order valence-corrected chi connectivity index (χ2v) is 5.48. The maximum atomic E-state index is 11.2. The molecule has 4 heteroatoms. The predicted octanol–water partition coefficient (Wildman–Crippen LogP) is 1.41. The van der Waals surface area contributed by atoms with Crippen LogP contribution in [0, 0.1) is 5.92 Å². The van der Waals surface area contributed by atoms with Crippen LogP contribution in [0.3, 0.4) is 0 Å². The lowest BCUT2D eigenvalue weighted by Crippen LogP contribution is -2.37. The van der Waals surface area contributed by atoms with Crippen molar-refractivity contribution >= 4 is 10.0 Å². The molecule has 0 spiro atoms. The SMILES string of the molecule is C=CC[C@@H]1CCCC[C@H]1S(N)(=O)=O. The van der Waals surface area contributed by atoms with Gasteiger partial charge in [0, 0.05) is 0 Å². The quantitative estimate of drug-likeness (QED) is 0.705. The molecule has 13 heavy (non-hydrogen) atoms. The Morgan fingerprint density at radius 2 is 2.00 bits per heavy atom. The van der Waals surface area contributed by atoms with Gasteiger partial charge < -0.3 is 0 Å². The van der Waals surface area contributed by atoms with Gasteiger partial charge in [-0.15, -0.1) is 6.58 Å². The van der Waals surface area contributed by atoms with E-state index in [4.69, 9.17) is 5.14 Å². The lowest BCUT2D eigenvalue weighted by molar-refractivity contribution is 0.359. The highest BCUT2D eigenvalue weighted by atomic mass is 32.2. The van der Waals surface area contributed by atoms with Gasteiger partial charge in [0.25, 0.3) is 0 Å². The number of nitrogens with two attached hydrogens (primary N) is 1. The Morgan fingerprint density at radius 1 is 1.38 bits per heavy atom. The Balaban J connectivity index is 2.73. The predicted molar refractivity (Wildman–Crippen MR) is 53.7 cm³/mol. The van der Waals surface area contributed by atoms with Crippen molar-refractivity contribution in [3.63, 3.8) is 0 Å². The number of hydrogen-bond donors (Lipinski definition) is 1. The van der Waals surface area contributed by atoms with Gasteiger partial charge in [-0.25, -0.2) is 13.6 Å². The zero-order valence-electron chi connectivity index (χ0n) is 7.78. The molecule has 0 radical (unpaired) electrons. The van der Waals surface area contributed by atoms with Gasteiger partial charge in [0.2, 0.25) is 10.0 Å². The van der Waals surface area contributed by atoms with Gasteiger partial charge in [-0.3, -0.25) is 0 Å². The number of hydrogen-bond acceptors (Lipinski definition) is 2. The van der Waals surface area contributed by atoms with Gasteiger partial charge >= 0.3 is 0 Å². The molecule has 1 fully saturated rings. The van der Waals surface area contributed by atoms with Crippen molar-refractivity contribution in [3.05, 3.63) is 12.7 Å². The summed E-state index contributed by atoms with van der Waals surface area (Å²) in [4.78, 5) is 0. The summed E-state index contributed by atoms with van der Waals surface area (Å²) in [5.41, 5.74) is 0. The maximum Gasteiger partial charge on any atom is 0.212 e. The van der Waals surface area contributed by atoms with E-state index in [1.807, 2.05) is 0 Å². The largest absolute Gasteiger partial charge is 0.228 e. The molecule has 0 bridgehead atoms. The standard InChI is InChI=1S/C9H17NO2S/c1-2-5-8-6-3-4-7-9(8)13(10,11)12/h2,8-9H,1,3-7H2,(H2,10,11,12)/t8-,9-/m1/s1. The van der Waals surface area contributed by atoms with E-state index in [0.717, 1.165) is 32.1 Å². The van der Waals surface area contributed by atoms with Crippen molar-refractivity contribution in [1.82, 2.24) is 0 Å². The van der Waals surface area contributed by atoms with Crippen molar-refractivity contribution in [2.24, 2.45) is 11.1 Å². The van der Waals surface area contributed by atoms with Crippen molar-refractivity contribution < 1.29 is 8.42 Å². The van der Waals surface area contributed by atoms with Crippen molar-refractivity contribution in [2.75, 3.05) is 0 Å². The first kappa shape index (κ1) is 10.7. The number of primary sulfonamides is 1. The van der Waals surface area contributed by atoms with E-state index < -0.39 is 10.0 Å². The monoisotopic (exact) mass is 203 g/mol. The van der Waals surface area contributed by atoms with Crippen LogP contribution in [0.4, 0.5) is 0 Å². The molecular formula is C9H17NO2S. The molecule has 0 aliphatic heterocycles. The third-order valence-corrected chi connectivity index (χ3v) is 4.20. The van der Waals surface area contributed by atoms with Crippen LogP contribution in [0.25, 0.3) is 0 Å². The van der Waals surface area contributed by atoms with Crippen LogP contribution in [0.15, 0.2) is 12.7 Å². The third-order valence-electron chi connectivity index (χ3n) is 2.73. The Morgan fingerprint density at radius 3 is 2.54 bits per heavy atom. The molecular weight excluding hydrogens is 186 g/mol. The molecule has 1 aliphatic rings. The van der Waals surface area contributed by atoms with E-state index in [1.54, 1.807) is 6.08 Å². The summed E-state index contributed by atoms with van der Waals surface area (Å²) in [7, 11) is -3.35. The van der Waals surface area contributed by atoms with Crippen LogP contribution >= 0.6 is 0 Å². The van der Waals surface area contributed by atoms with Crippen molar-refractivity contribution in [2.45, 2.75) is 37.4 Å². The molecule has 0 amide bonds. The van der Waals surface area contributed by atoms with Gasteiger partial charge in [0.05, 0.1) is 5.25 Å². The molecule has 0 aromatic carbocycles. The molecule has 2 atom stereocenters. The van der Waals surface area contributed by atoms with Crippen LogP contribution in [0.5, 0.6) is 0 Å². The number of sulfonamides is 1. The number of rotatable bonds is 3. The van der Waals surface area contributed by atoms with Crippen LogP contribution in [0.2, 0.25) is 0 Å². The van der Waals surface area contributed by atoms with Gasteiger partial charge in [-0.05, 0) is 25.2 Å². The highest BCUT2D eigenvalue weighted by molar-refractivity contribution is 7.89. The van der Waals surface area contributed by atoms with E-state index in [9.17, 15) is 8.42 Å². The molecule has 0 aromatic rings. The van der Waals surface area contributed by atoms with Crippen molar-refractivity contribution in [3.8, 4) is 0 Å². The Labute approximate surface area is 80.1 Å². The second kappa shape index (κ2) is 4.24. The first-order valence-electron chi connectivity index (χ1n) is 4.68. The highest BCUT2D eigenvalue weighted by Gasteiger charge is 2.32. The molecule has 1 aliphatic carbocycles. The van der Waals surface area contributed by atoms with Gasteiger partial charge in [-0.1, -0.05) is 18.9 Å². The fraction of sp³-hybridized carbons (Fsp3) is 0.778. The Bertz CT molecular complexity index is 271. The normalized spacial score (nSPS) is 29.9. The summed E-state index contributed by atoms with van der Waals surface area (Å²) in [6.07, 6.45) is 6.33. The number of allylic oxidation sites excluding steroid dienone is 1. The Kier molecular flexibility index (Phi) is 3.50. The van der Waals surface area contributed by atoms with E-state index in [0.29, 0.717) is 0 Å². The lowest BCUT2D eigenvalue weighted by atomic mass is 9.86. The summed E-state index contributed by atoms with van der Waals surface area (Å²) in [5.74, 6) is 0.196. The second-order valence-electron chi connectivity index (χ2n) is 3.70. The van der Waals surface area contributed by atoms with Crippen LogP contribution in [-0.2, 0) is 10.0 Å².